The van der Waals surface area contributed by atoms with Crippen molar-refractivity contribution in [2.24, 2.45) is 0 Å². The number of benzene rings is 7. The zero-order valence-corrected chi connectivity index (χ0v) is 34.1. The molecule has 0 radical (unpaired) electrons. The number of hydrogen-bond donors (Lipinski definition) is 0. The summed E-state index contributed by atoms with van der Waals surface area (Å²) in [7, 11) is -1.62. The van der Waals surface area contributed by atoms with Gasteiger partial charge in [-0.05, 0) is 56.6 Å². The molecule has 0 saturated heterocycles. The summed E-state index contributed by atoms with van der Waals surface area (Å²) in [4.78, 5) is 24.9. The Morgan fingerprint density at radius 3 is 1.41 bits per heavy atom. The molecular weight excluding hydrogens is 735 g/mol. The molecule has 11 rings (SSSR count). The van der Waals surface area contributed by atoms with Gasteiger partial charge in [-0.1, -0.05) is 183 Å². The highest BCUT2D eigenvalue weighted by Crippen LogP contribution is 2.63. The lowest BCUT2D eigenvalue weighted by atomic mass is 9.70. The monoisotopic (exact) mass is 773 g/mol. The molecule has 0 fully saturated rings. The van der Waals surface area contributed by atoms with Gasteiger partial charge in [-0.15, -0.1) is 0 Å². The van der Waals surface area contributed by atoms with Gasteiger partial charge in [-0.3, -0.25) is 4.98 Å². The highest BCUT2D eigenvalue weighted by atomic mass is 28.3. The first-order valence-electron chi connectivity index (χ1n) is 20.2. The van der Waals surface area contributed by atoms with Gasteiger partial charge >= 0.3 is 0 Å². The lowest BCUT2D eigenvalue weighted by Gasteiger charge is -2.31. The minimum Gasteiger partial charge on any atom is -0.260 e. The Labute approximate surface area is 345 Å². The van der Waals surface area contributed by atoms with Gasteiger partial charge in [0.05, 0.1) is 37.3 Å². The van der Waals surface area contributed by atoms with E-state index in [1.54, 1.807) is 0 Å². The average Bonchev–Trinajstić information content (AvgIpc) is 3.76. The van der Waals surface area contributed by atoms with E-state index in [9.17, 15) is 0 Å². The van der Waals surface area contributed by atoms with Crippen LogP contribution < -0.4 is 5.19 Å². The molecule has 0 amide bonds. The minimum absolute atomic E-state index is 0.440. The van der Waals surface area contributed by atoms with Gasteiger partial charge in [-0.2, -0.15) is 0 Å². The van der Waals surface area contributed by atoms with Gasteiger partial charge in [0.25, 0.3) is 0 Å². The van der Waals surface area contributed by atoms with Crippen LogP contribution in [0, 0.1) is 0 Å². The lowest BCUT2D eigenvalue weighted by molar-refractivity contribution is 0.794. The molecule has 2 aromatic heterocycles. The van der Waals surface area contributed by atoms with Crippen molar-refractivity contribution in [1.82, 2.24) is 24.9 Å². The molecule has 59 heavy (non-hydrogen) atoms. The van der Waals surface area contributed by atoms with Crippen molar-refractivity contribution in [2.75, 3.05) is 0 Å². The fourth-order valence-corrected chi connectivity index (χ4v) is 10.3. The summed E-state index contributed by atoms with van der Waals surface area (Å²) in [5.41, 5.74) is 16.4. The molecule has 9 aromatic rings. The minimum atomic E-state index is -1.62. The molecular formula is C53H39N5Si. The summed E-state index contributed by atoms with van der Waals surface area (Å²) in [5.74, 6) is 1.85. The maximum atomic E-state index is 5.29. The van der Waals surface area contributed by atoms with E-state index in [0.29, 0.717) is 17.5 Å². The molecule has 0 unspecified atom stereocenters. The van der Waals surface area contributed by atoms with E-state index in [0.717, 1.165) is 39.2 Å². The highest BCUT2D eigenvalue weighted by molar-refractivity contribution is 6.88. The lowest BCUT2D eigenvalue weighted by Crippen LogP contribution is -2.38. The first-order chi connectivity index (χ1) is 28.9. The first kappa shape index (κ1) is 35.0. The van der Waals surface area contributed by atoms with Gasteiger partial charge in [0, 0.05) is 27.8 Å². The molecule has 0 atom stereocenters. The normalized spacial score (nSPS) is 13.1. The molecule has 1 spiro atoms. The van der Waals surface area contributed by atoms with Crippen LogP contribution in [0.1, 0.15) is 22.3 Å². The van der Waals surface area contributed by atoms with E-state index in [-0.39, 0.29) is 0 Å². The Kier molecular flexibility index (Phi) is 8.00. The van der Waals surface area contributed by atoms with Crippen LogP contribution >= 0.6 is 0 Å². The van der Waals surface area contributed by atoms with E-state index in [1.165, 1.54) is 49.7 Å². The smallest absolute Gasteiger partial charge is 0.164 e. The molecule has 2 aliphatic rings. The van der Waals surface area contributed by atoms with Crippen molar-refractivity contribution in [3.8, 4) is 78.9 Å². The summed E-state index contributed by atoms with van der Waals surface area (Å²) in [5, 5.41) is 1.47. The number of nitrogens with zero attached hydrogens (tertiary/aromatic N) is 5. The second kappa shape index (κ2) is 13.5. The van der Waals surface area contributed by atoms with Gasteiger partial charge in [0.2, 0.25) is 0 Å². The summed E-state index contributed by atoms with van der Waals surface area (Å²) in [6.07, 6.45) is 3.72. The Morgan fingerprint density at radius 2 is 0.814 bits per heavy atom. The summed E-state index contributed by atoms with van der Waals surface area (Å²) >= 11 is 0. The second-order valence-corrected chi connectivity index (χ2v) is 21.6. The molecule has 2 aliphatic carbocycles. The molecule has 0 saturated carbocycles. The van der Waals surface area contributed by atoms with Gasteiger partial charge in [0.15, 0.2) is 17.5 Å². The molecule has 6 heteroatoms. The van der Waals surface area contributed by atoms with Crippen LogP contribution in [0.4, 0.5) is 0 Å². The fourth-order valence-electron chi connectivity index (χ4n) is 9.16. The maximum Gasteiger partial charge on any atom is 0.164 e. The highest BCUT2D eigenvalue weighted by Gasteiger charge is 2.52. The average molecular weight is 774 g/mol. The van der Waals surface area contributed by atoms with Crippen molar-refractivity contribution in [2.45, 2.75) is 25.1 Å². The van der Waals surface area contributed by atoms with E-state index in [1.807, 2.05) is 85.2 Å². The molecule has 0 N–H and O–H groups in total. The zero-order valence-electron chi connectivity index (χ0n) is 33.1. The predicted molar refractivity (Wildman–Crippen MR) is 242 cm³/mol. The van der Waals surface area contributed by atoms with E-state index in [4.69, 9.17) is 24.9 Å². The quantitative estimate of drug-likeness (QED) is 0.157. The Bertz CT molecular complexity index is 3000. The van der Waals surface area contributed by atoms with E-state index < -0.39 is 13.5 Å². The van der Waals surface area contributed by atoms with Crippen LogP contribution in [0.5, 0.6) is 0 Å². The number of rotatable bonds is 6. The third kappa shape index (κ3) is 5.63. The van der Waals surface area contributed by atoms with Crippen molar-refractivity contribution >= 4 is 13.3 Å². The molecule has 2 heterocycles. The van der Waals surface area contributed by atoms with E-state index in [2.05, 4.69) is 117 Å². The SMILES string of the molecule is C[Si](C)(C)c1ccc2c(c1)C1(c3ccccc3-c3ccccc31)c1cc(-c3cncc(-c4cccc(-c5nc(-c6ccccc6)nc(-c6ccccc6)n5)c4)n3)ccc1-2. The summed E-state index contributed by atoms with van der Waals surface area (Å²) < 4.78 is 0. The van der Waals surface area contributed by atoms with Crippen molar-refractivity contribution in [3.05, 3.63) is 205 Å². The number of fused-ring (bicyclic) bond motifs is 10. The zero-order chi connectivity index (χ0) is 39.7. The largest absolute Gasteiger partial charge is 0.260 e. The number of hydrogen-bond acceptors (Lipinski definition) is 5. The Morgan fingerprint density at radius 1 is 0.356 bits per heavy atom. The third-order valence-corrected chi connectivity index (χ3v) is 14.0. The maximum absolute atomic E-state index is 5.29. The van der Waals surface area contributed by atoms with Gasteiger partial charge in [0.1, 0.15) is 0 Å². The second-order valence-electron chi connectivity index (χ2n) is 16.5. The van der Waals surface area contributed by atoms with Crippen molar-refractivity contribution < 1.29 is 0 Å². The molecule has 5 nitrogen and oxygen atoms in total. The van der Waals surface area contributed by atoms with Gasteiger partial charge in [-0.25, -0.2) is 19.9 Å². The third-order valence-electron chi connectivity index (χ3n) is 12.0. The van der Waals surface area contributed by atoms with Crippen LogP contribution in [-0.2, 0) is 5.41 Å². The molecule has 7 aromatic carbocycles. The van der Waals surface area contributed by atoms with Gasteiger partial charge < -0.3 is 0 Å². The summed E-state index contributed by atoms with van der Waals surface area (Å²) in [6, 6.07) is 60.6. The van der Waals surface area contributed by atoms with Crippen LogP contribution in [0.3, 0.4) is 0 Å². The standard InChI is InChI=1S/C53H39N5Si/c1-59(2,3)39-26-28-43-42-27-25-37(30-46(42)53(47(43)31-39)44-23-12-10-21-40(44)41-22-11-13-24-45(41)53)49-33-54-32-48(55-49)36-19-14-20-38(29-36)52-57-50(34-15-6-4-7-16-34)56-51(58-52)35-17-8-5-9-18-35/h4-33H,1-3H3. The fraction of sp³-hybridized carbons (Fsp3) is 0.0755. The van der Waals surface area contributed by atoms with Crippen LogP contribution in [0.25, 0.3) is 78.9 Å². The predicted octanol–water partition coefficient (Wildman–Crippen LogP) is 11.9. The molecule has 0 bridgehead atoms. The molecule has 280 valence electrons. The van der Waals surface area contributed by atoms with Crippen LogP contribution in [0.2, 0.25) is 19.6 Å². The number of aromatic nitrogens is 5. The van der Waals surface area contributed by atoms with Crippen molar-refractivity contribution in [1.29, 1.82) is 0 Å². The topological polar surface area (TPSA) is 64.5 Å². The Hall–Kier alpha value is -7.15. The first-order valence-corrected chi connectivity index (χ1v) is 23.7. The Balaban J connectivity index is 1.04. The summed E-state index contributed by atoms with van der Waals surface area (Å²) in [6.45, 7) is 7.31. The van der Waals surface area contributed by atoms with Crippen molar-refractivity contribution in [3.63, 3.8) is 0 Å². The van der Waals surface area contributed by atoms with Crippen LogP contribution in [0.15, 0.2) is 182 Å². The van der Waals surface area contributed by atoms with Crippen LogP contribution in [-0.4, -0.2) is 33.0 Å². The molecule has 0 aliphatic heterocycles. The van der Waals surface area contributed by atoms with E-state index >= 15 is 0 Å².